The maximum Gasteiger partial charge on any atom is 0.307 e. The number of carbonyl (C=O) groups is 1. The lowest BCUT2D eigenvalue weighted by Gasteiger charge is -2.38. The molecular weight excluding hydrogens is 334 g/mol. The lowest BCUT2D eigenvalue weighted by Crippen LogP contribution is -2.49. The summed E-state index contributed by atoms with van der Waals surface area (Å²) in [5.74, 6) is -0.878. The monoisotopic (exact) mass is 357 g/mol. The van der Waals surface area contributed by atoms with Crippen molar-refractivity contribution in [3.8, 4) is 5.75 Å². The zero-order valence-electron chi connectivity index (χ0n) is 13.9. The molecule has 2 rings (SSSR count). The van der Waals surface area contributed by atoms with E-state index in [0.29, 0.717) is 31.4 Å². The van der Waals surface area contributed by atoms with Gasteiger partial charge in [-0.05, 0) is 37.0 Å². The first-order valence-electron chi connectivity index (χ1n) is 7.83. The van der Waals surface area contributed by atoms with Crippen LogP contribution in [0.4, 0.5) is 0 Å². The number of piperidine rings is 1. The van der Waals surface area contributed by atoms with E-state index in [1.807, 2.05) is 6.92 Å². The Morgan fingerprint density at radius 3 is 2.71 bits per heavy atom. The van der Waals surface area contributed by atoms with Crippen molar-refractivity contribution in [2.75, 3.05) is 20.2 Å². The van der Waals surface area contributed by atoms with Crippen LogP contribution in [-0.4, -0.2) is 54.7 Å². The van der Waals surface area contributed by atoms with Gasteiger partial charge in [-0.2, -0.15) is 4.31 Å². The number of aliphatic carboxylic acids is 1. The minimum Gasteiger partial charge on any atom is -0.495 e. The number of carboxylic acids is 1. The summed E-state index contributed by atoms with van der Waals surface area (Å²) in [6, 6.07) is 4.33. The SMILES string of the molecule is CC[C@]1(O)CCCN(S(=O)(=O)c2cc(CC(=O)O)ccc2OC)C1. The summed E-state index contributed by atoms with van der Waals surface area (Å²) < 4.78 is 32.4. The van der Waals surface area contributed by atoms with Gasteiger partial charge in [0, 0.05) is 13.1 Å². The lowest BCUT2D eigenvalue weighted by atomic mass is 9.92. The third kappa shape index (κ3) is 3.88. The second-order valence-corrected chi connectivity index (χ2v) is 7.98. The zero-order chi connectivity index (χ0) is 18.0. The van der Waals surface area contributed by atoms with Crippen LogP contribution in [0.5, 0.6) is 5.75 Å². The smallest absolute Gasteiger partial charge is 0.307 e. The molecule has 1 saturated heterocycles. The van der Waals surface area contributed by atoms with Crippen LogP contribution in [0.1, 0.15) is 31.7 Å². The highest BCUT2D eigenvalue weighted by molar-refractivity contribution is 7.89. The number of benzene rings is 1. The van der Waals surface area contributed by atoms with Gasteiger partial charge in [-0.3, -0.25) is 4.79 Å². The van der Waals surface area contributed by atoms with Crippen molar-refractivity contribution in [2.24, 2.45) is 0 Å². The molecule has 1 atom stereocenters. The lowest BCUT2D eigenvalue weighted by molar-refractivity contribution is -0.136. The normalized spacial score (nSPS) is 22.3. The molecule has 8 heteroatoms. The molecule has 7 nitrogen and oxygen atoms in total. The first-order chi connectivity index (χ1) is 11.2. The summed E-state index contributed by atoms with van der Waals surface area (Å²) in [6.45, 7) is 2.17. The molecule has 2 N–H and O–H groups in total. The Morgan fingerprint density at radius 2 is 2.12 bits per heavy atom. The Bertz CT molecular complexity index is 717. The van der Waals surface area contributed by atoms with Gasteiger partial charge in [0.15, 0.2) is 0 Å². The van der Waals surface area contributed by atoms with E-state index in [9.17, 15) is 18.3 Å². The molecule has 1 aliphatic heterocycles. The van der Waals surface area contributed by atoms with Crippen LogP contribution in [-0.2, 0) is 21.2 Å². The van der Waals surface area contributed by atoms with Crippen molar-refractivity contribution in [3.63, 3.8) is 0 Å². The maximum atomic E-state index is 13.0. The van der Waals surface area contributed by atoms with Crippen LogP contribution in [0, 0.1) is 0 Å². The number of methoxy groups -OCH3 is 1. The van der Waals surface area contributed by atoms with Gasteiger partial charge in [0.1, 0.15) is 10.6 Å². The number of rotatable bonds is 6. The fraction of sp³-hybridized carbons (Fsp3) is 0.562. The van der Waals surface area contributed by atoms with E-state index < -0.39 is 21.6 Å². The molecule has 0 spiro atoms. The predicted octanol–water partition coefficient (Wildman–Crippen LogP) is 1.25. The first-order valence-corrected chi connectivity index (χ1v) is 9.27. The predicted molar refractivity (Wildman–Crippen MR) is 87.6 cm³/mol. The molecule has 0 aromatic heterocycles. The Morgan fingerprint density at radius 1 is 1.42 bits per heavy atom. The molecular formula is C16H23NO6S. The van der Waals surface area contributed by atoms with Crippen LogP contribution in [0.25, 0.3) is 0 Å². The van der Waals surface area contributed by atoms with E-state index in [1.165, 1.54) is 29.6 Å². The number of nitrogens with zero attached hydrogens (tertiary/aromatic N) is 1. The zero-order valence-corrected chi connectivity index (χ0v) is 14.7. The van der Waals surface area contributed by atoms with E-state index in [-0.39, 0.29) is 23.6 Å². The highest BCUT2D eigenvalue weighted by Crippen LogP contribution is 2.32. The fourth-order valence-electron chi connectivity index (χ4n) is 2.91. The Kier molecular flexibility index (Phi) is 5.52. The van der Waals surface area contributed by atoms with Gasteiger partial charge in [0.05, 0.1) is 19.1 Å². The van der Waals surface area contributed by atoms with Gasteiger partial charge in [0.25, 0.3) is 0 Å². The minimum atomic E-state index is -3.89. The second kappa shape index (κ2) is 7.08. The van der Waals surface area contributed by atoms with Crippen LogP contribution < -0.4 is 4.74 Å². The molecule has 1 aliphatic rings. The molecule has 0 bridgehead atoms. The van der Waals surface area contributed by atoms with E-state index >= 15 is 0 Å². The molecule has 0 aliphatic carbocycles. The van der Waals surface area contributed by atoms with Crippen molar-refractivity contribution in [1.29, 1.82) is 0 Å². The van der Waals surface area contributed by atoms with Crippen LogP contribution in [0.2, 0.25) is 0 Å². The van der Waals surface area contributed by atoms with Crippen molar-refractivity contribution in [3.05, 3.63) is 23.8 Å². The number of β-amino-alcohol motifs (C(OH)–C–C–N with tert-alkyl or cyclic N) is 1. The summed E-state index contributed by atoms with van der Waals surface area (Å²) >= 11 is 0. The van der Waals surface area contributed by atoms with Crippen LogP contribution in [0.3, 0.4) is 0 Å². The molecule has 0 saturated carbocycles. The highest BCUT2D eigenvalue weighted by Gasteiger charge is 2.38. The van der Waals surface area contributed by atoms with E-state index in [0.717, 1.165) is 0 Å². The molecule has 134 valence electrons. The van der Waals surface area contributed by atoms with Gasteiger partial charge in [-0.15, -0.1) is 0 Å². The van der Waals surface area contributed by atoms with Crippen molar-refractivity contribution in [1.82, 2.24) is 4.31 Å². The highest BCUT2D eigenvalue weighted by atomic mass is 32.2. The first kappa shape index (κ1) is 18.7. The van der Waals surface area contributed by atoms with E-state index in [1.54, 1.807) is 0 Å². The number of aliphatic hydroxyl groups is 1. The second-order valence-electron chi connectivity index (χ2n) is 6.08. The van der Waals surface area contributed by atoms with Gasteiger partial charge in [-0.1, -0.05) is 13.0 Å². The summed E-state index contributed by atoms with van der Waals surface area (Å²) in [6.07, 6.45) is 1.33. The van der Waals surface area contributed by atoms with Gasteiger partial charge in [-0.25, -0.2) is 8.42 Å². The van der Waals surface area contributed by atoms with E-state index in [2.05, 4.69) is 0 Å². The molecule has 24 heavy (non-hydrogen) atoms. The Balaban J connectivity index is 2.42. The Hall–Kier alpha value is -1.64. The summed E-state index contributed by atoms with van der Waals surface area (Å²) in [5, 5.41) is 19.4. The fourth-order valence-corrected chi connectivity index (χ4v) is 4.67. The largest absolute Gasteiger partial charge is 0.495 e. The van der Waals surface area contributed by atoms with E-state index in [4.69, 9.17) is 9.84 Å². The minimum absolute atomic E-state index is 0.0259. The number of ether oxygens (including phenoxy) is 1. The Labute approximate surface area is 141 Å². The van der Waals surface area contributed by atoms with Crippen LogP contribution in [0.15, 0.2) is 23.1 Å². The third-order valence-electron chi connectivity index (χ3n) is 4.38. The molecule has 0 amide bonds. The molecule has 0 unspecified atom stereocenters. The van der Waals surface area contributed by atoms with Crippen LogP contribution >= 0.6 is 0 Å². The molecule has 0 radical (unpaired) electrons. The number of sulfonamides is 1. The maximum absolute atomic E-state index is 13.0. The third-order valence-corrected chi connectivity index (χ3v) is 6.25. The molecule has 1 aromatic carbocycles. The summed E-state index contributed by atoms with van der Waals surface area (Å²) in [4.78, 5) is 10.8. The number of hydrogen-bond donors (Lipinski definition) is 2. The quantitative estimate of drug-likeness (QED) is 0.794. The van der Waals surface area contributed by atoms with Crippen molar-refractivity contribution in [2.45, 2.75) is 43.1 Å². The number of hydrogen-bond acceptors (Lipinski definition) is 5. The standard InChI is InChI=1S/C16H23NO6S/c1-3-16(20)7-4-8-17(11-16)24(21,22)14-9-12(10-15(18)19)5-6-13(14)23-2/h5-6,9,20H,3-4,7-8,10-11H2,1-2H3,(H,18,19)/t16-/m0/s1. The number of carboxylic acid groups (broad SMARTS) is 1. The average Bonchev–Trinajstić information content (AvgIpc) is 2.54. The molecule has 1 fully saturated rings. The average molecular weight is 357 g/mol. The topological polar surface area (TPSA) is 104 Å². The molecule has 1 aromatic rings. The van der Waals surface area contributed by atoms with Crippen molar-refractivity contribution >= 4 is 16.0 Å². The van der Waals surface area contributed by atoms with Gasteiger partial charge in [0.2, 0.25) is 10.0 Å². The summed E-state index contributed by atoms with van der Waals surface area (Å²) in [7, 11) is -2.52. The van der Waals surface area contributed by atoms with Gasteiger partial charge >= 0.3 is 5.97 Å². The van der Waals surface area contributed by atoms with Gasteiger partial charge < -0.3 is 14.9 Å². The van der Waals surface area contributed by atoms with Crippen molar-refractivity contribution < 1.29 is 28.2 Å². The molecule has 1 heterocycles. The summed E-state index contributed by atoms with van der Waals surface area (Å²) in [5.41, 5.74) is -0.651.